The topological polar surface area (TPSA) is 281 Å². The van der Waals surface area contributed by atoms with Crippen LogP contribution in [0.4, 0.5) is 28.4 Å². The van der Waals surface area contributed by atoms with E-state index in [1.54, 1.807) is 56.6 Å². The van der Waals surface area contributed by atoms with Crippen LogP contribution in [-0.4, -0.2) is 64.1 Å². The minimum atomic E-state index is -0.473. The number of hydrogen-bond donors (Lipinski definition) is 3. The van der Waals surface area contributed by atoms with Crippen LogP contribution in [-0.2, 0) is 28.2 Å². The second-order valence-corrected chi connectivity index (χ2v) is 9.32. The molecule has 0 aromatic carbocycles. The fourth-order valence-electron chi connectivity index (χ4n) is 3.09. The molecule has 0 saturated heterocycles. The molecule has 0 aliphatic heterocycles. The molecule has 5 N–H and O–H groups in total. The number of nitrogens with zero attached hydrogens (tertiary/aromatic N) is 12. The summed E-state index contributed by atoms with van der Waals surface area (Å²) >= 11 is 0. The molecule has 0 aliphatic rings. The molecule has 0 unspecified atom stereocenters. The number of nitrogen functional groups attached to an aromatic ring is 2. The lowest BCUT2D eigenvalue weighted by Gasteiger charge is -1.90. The Labute approximate surface area is 256 Å². The zero-order valence-electron chi connectivity index (χ0n) is 26.4. The van der Waals surface area contributed by atoms with Gasteiger partial charge in [0.1, 0.15) is 35.7 Å². The Morgan fingerprint density at radius 3 is 1.31 bits per heavy atom. The first-order valence-electron chi connectivity index (χ1n) is 12.8. The van der Waals surface area contributed by atoms with Gasteiger partial charge in [-0.25, -0.2) is 0 Å². The minimum Gasteiger partial charge on any atom is -0.396 e. The zero-order chi connectivity index (χ0) is 34.6. The quantitative estimate of drug-likeness (QED) is 0.191. The SMILES string of the molecule is Cc1[nH]ncc1[N+](=O)[O-].Cc1c(N)cnn1C.Cc1c([N+](=O)[O-])cnn1C.Cc1nn(C)cc1N.Cc1nn(C)cc1[N+](=O)[O-]. The first kappa shape index (κ1) is 36.9. The highest BCUT2D eigenvalue weighted by Gasteiger charge is 2.14. The highest BCUT2D eigenvalue weighted by Crippen LogP contribution is 2.15. The van der Waals surface area contributed by atoms with Crippen molar-refractivity contribution in [3.8, 4) is 0 Å². The lowest BCUT2D eigenvalue weighted by Crippen LogP contribution is -1.94. The summed E-state index contributed by atoms with van der Waals surface area (Å²) in [5.41, 5.74) is 16.0. The first-order chi connectivity index (χ1) is 20.9. The molecule has 244 valence electrons. The highest BCUT2D eigenvalue weighted by atomic mass is 16.6. The Hall–Kier alpha value is -6.15. The van der Waals surface area contributed by atoms with E-state index >= 15 is 0 Å². The van der Waals surface area contributed by atoms with Gasteiger partial charge in [-0.15, -0.1) is 0 Å². The predicted octanol–water partition coefficient (Wildman–Crippen LogP) is 2.52. The lowest BCUT2D eigenvalue weighted by molar-refractivity contribution is -0.385. The molecule has 5 aromatic rings. The summed E-state index contributed by atoms with van der Waals surface area (Å²) in [5.74, 6) is 0. The van der Waals surface area contributed by atoms with E-state index in [0.717, 1.165) is 22.8 Å². The van der Waals surface area contributed by atoms with Gasteiger partial charge in [0.25, 0.3) is 0 Å². The molecule has 21 nitrogen and oxygen atoms in total. The summed E-state index contributed by atoms with van der Waals surface area (Å²) in [6.07, 6.45) is 7.25. The number of aryl methyl sites for hydroxylation is 7. The van der Waals surface area contributed by atoms with Crippen LogP contribution < -0.4 is 11.5 Å². The third-order valence-corrected chi connectivity index (χ3v) is 5.91. The molecule has 0 atom stereocenters. The molecule has 0 fully saturated rings. The van der Waals surface area contributed by atoms with Crippen molar-refractivity contribution in [2.24, 2.45) is 28.2 Å². The van der Waals surface area contributed by atoms with E-state index in [1.165, 1.54) is 28.0 Å². The average Bonchev–Trinajstić information content (AvgIpc) is 3.75. The molecule has 5 heterocycles. The number of H-pyrrole nitrogens is 1. The van der Waals surface area contributed by atoms with Crippen LogP contribution in [0, 0.1) is 65.0 Å². The molecular formula is C24H37N15O6. The number of aromatic nitrogens is 10. The summed E-state index contributed by atoms with van der Waals surface area (Å²) < 4.78 is 6.34. The first-order valence-corrected chi connectivity index (χ1v) is 12.8. The summed E-state index contributed by atoms with van der Waals surface area (Å²) in [6, 6.07) is 0. The fraction of sp³-hybridized carbons (Fsp3) is 0.375. The van der Waals surface area contributed by atoms with Crippen LogP contribution in [0.1, 0.15) is 28.5 Å². The van der Waals surface area contributed by atoms with Crippen molar-refractivity contribution in [1.29, 1.82) is 0 Å². The van der Waals surface area contributed by atoms with E-state index in [-0.39, 0.29) is 17.1 Å². The van der Waals surface area contributed by atoms with Crippen LogP contribution in [0.3, 0.4) is 0 Å². The van der Waals surface area contributed by atoms with E-state index in [4.69, 9.17) is 11.5 Å². The van der Waals surface area contributed by atoms with Crippen LogP contribution in [0.5, 0.6) is 0 Å². The van der Waals surface area contributed by atoms with Gasteiger partial charge >= 0.3 is 17.1 Å². The van der Waals surface area contributed by atoms with E-state index < -0.39 is 14.8 Å². The van der Waals surface area contributed by atoms with Gasteiger partial charge in [0.05, 0.1) is 43.7 Å². The number of hydrogen-bond acceptors (Lipinski definition) is 13. The van der Waals surface area contributed by atoms with Gasteiger partial charge in [-0.05, 0) is 34.6 Å². The van der Waals surface area contributed by atoms with Crippen molar-refractivity contribution in [2.45, 2.75) is 34.6 Å². The van der Waals surface area contributed by atoms with Crippen molar-refractivity contribution in [3.05, 3.63) is 89.8 Å². The summed E-state index contributed by atoms with van der Waals surface area (Å²) in [5, 5.41) is 51.8. The van der Waals surface area contributed by atoms with E-state index in [9.17, 15) is 30.3 Å². The standard InChI is InChI=1S/2C5H7N3O2.2C5H9N3.C4H5N3O2/c1-4-5(8(9)10)3-7(2)6-4;1-4-5(8(9)10)3-6-7(4)2;1-4-5(6)3-8(2)7-4;1-4-5(6)3-7-8(4)2;1-3-4(7(8)9)2-5-6-3/h2*3H,1-2H3;2*3H,6H2,1-2H3;2H,1H3,(H,5,6). The van der Waals surface area contributed by atoms with Crippen LogP contribution >= 0.6 is 0 Å². The van der Waals surface area contributed by atoms with Crippen molar-refractivity contribution < 1.29 is 14.8 Å². The number of anilines is 2. The Morgan fingerprint density at radius 1 is 0.644 bits per heavy atom. The molecule has 0 radical (unpaired) electrons. The second-order valence-electron chi connectivity index (χ2n) is 9.32. The lowest BCUT2D eigenvalue weighted by atomic mass is 10.4. The van der Waals surface area contributed by atoms with Crippen molar-refractivity contribution in [1.82, 2.24) is 49.3 Å². The third-order valence-electron chi connectivity index (χ3n) is 5.91. The van der Waals surface area contributed by atoms with Gasteiger partial charge in [0, 0.05) is 34.4 Å². The maximum absolute atomic E-state index is 10.2. The fourth-order valence-corrected chi connectivity index (χ4v) is 3.09. The number of nitrogens with one attached hydrogen (secondary N) is 1. The monoisotopic (exact) mass is 631 g/mol. The maximum Gasteiger partial charge on any atom is 0.309 e. The predicted molar refractivity (Wildman–Crippen MR) is 164 cm³/mol. The van der Waals surface area contributed by atoms with E-state index in [1.807, 2.05) is 27.9 Å². The Bertz CT molecular complexity index is 1670. The second kappa shape index (κ2) is 16.5. The van der Waals surface area contributed by atoms with Crippen LogP contribution in [0.15, 0.2) is 31.0 Å². The molecular weight excluding hydrogens is 594 g/mol. The number of nitro groups is 3. The van der Waals surface area contributed by atoms with Crippen molar-refractivity contribution >= 4 is 28.4 Å². The molecule has 0 saturated carbocycles. The minimum absolute atomic E-state index is 0.0370. The Morgan fingerprint density at radius 2 is 1.13 bits per heavy atom. The van der Waals surface area contributed by atoms with Gasteiger partial charge in [0.15, 0.2) is 0 Å². The van der Waals surface area contributed by atoms with Gasteiger partial charge in [0.2, 0.25) is 0 Å². The number of nitrogens with two attached hydrogens (primary N) is 2. The van der Waals surface area contributed by atoms with E-state index in [2.05, 4.69) is 30.6 Å². The largest absolute Gasteiger partial charge is 0.396 e. The average molecular weight is 632 g/mol. The van der Waals surface area contributed by atoms with Crippen molar-refractivity contribution in [3.63, 3.8) is 0 Å². The van der Waals surface area contributed by atoms with Crippen molar-refractivity contribution in [2.75, 3.05) is 11.5 Å². The third kappa shape index (κ3) is 11.2. The molecule has 5 rings (SSSR count). The Kier molecular flexibility index (Phi) is 13.5. The summed E-state index contributed by atoms with van der Waals surface area (Å²) in [4.78, 5) is 29.0. The molecule has 0 spiro atoms. The van der Waals surface area contributed by atoms with Gasteiger partial charge in [-0.1, -0.05) is 0 Å². The normalized spacial score (nSPS) is 9.71. The zero-order valence-corrected chi connectivity index (χ0v) is 26.4. The highest BCUT2D eigenvalue weighted by molar-refractivity contribution is 5.39. The molecule has 0 amide bonds. The molecule has 0 aliphatic carbocycles. The molecule has 21 heteroatoms. The summed E-state index contributed by atoms with van der Waals surface area (Å²) in [7, 11) is 7.04. The number of aromatic amines is 1. The van der Waals surface area contributed by atoms with Gasteiger partial charge in [-0.2, -0.15) is 25.5 Å². The molecule has 0 bridgehead atoms. The number of rotatable bonds is 3. The Balaban J connectivity index is 0.000000282. The van der Waals surface area contributed by atoms with Gasteiger partial charge in [-0.3, -0.25) is 54.2 Å². The molecule has 5 aromatic heterocycles. The van der Waals surface area contributed by atoms with Crippen LogP contribution in [0.25, 0.3) is 0 Å². The van der Waals surface area contributed by atoms with E-state index in [0.29, 0.717) is 17.1 Å². The molecule has 45 heavy (non-hydrogen) atoms. The van der Waals surface area contributed by atoms with Gasteiger partial charge < -0.3 is 11.5 Å². The summed E-state index contributed by atoms with van der Waals surface area (Å²) in [6.45, 7) is 8.69. The smallest absolute Gasteiger partial charge is 0.309 e. The maximum atomic E-state index is 10.2. The van der Waals surface area contributed by atoms with Crippen LogP contribution in [0.2, 0.25) is 0 Å².